The SMILES string of the molecule is O=C(C1CC2CC1C1C(=O)OCC21)C1CC2CC1C1C(=O)OCC21. The maximum atomic E-state index is 13.3. The van der Waals surface area contributed by atoms with Crippen molar-refractivity contribution >= 4 is 17.7 Å². The van der Waals surface area contributed by atoms with Crippen LogP contribution in [0, 0.1) is 59.2 Å². The molecule has 2 aliphatic heterocycles. The Labute approximate surface area is 140 Å². The number of hydrogen-bond acceptors (Lipinski definition) is 5. The van der Waals surface area contributed by atoms with Gasteiger partial charge in [0.15, 0.2) is 0 Å². The second-order valence-electron chi connectivity index (χ2n) is 9.05. The molecule has 0 amide bonds. The minimum Gasteiger partial charge on any atom is -0.465 e. The Morgan fingerprint density at radius 1 is 0.708 bits per heavy atom. The molecular formula is C19H22O5. The van der Waals surface area contributed by atoms with E-state index in [-0.39, 0.29) is 47.4 Å². The molecule has 24 heavy (non-hydrogen) atoms. The lowest BCUT2D eigenvalue weighted by atomic mass is 9.67. The van der Waals surface area contributed by atoms with Crippen molar-refractivity contribution in [3.05, 3.63) is 0 Å². The topological polar surface area (TPSA) is 69.7 Å². The number of carbonyl (C=O) groups is 3. The molecule has 10 atom stereocenters. The van der Waals surface area contributed by atoms with E-state index in [2.05, 4.69) is 0 Å². The van der Waals surface area contributed by atoms with Crippen molar-refractivity contribution in [3.63, 3.8) is 0 Å². The first-order valence-electron chi connectivity index (χ1n) is 9.50. The van der Waals surface area contributed by atoms with Gasteiger partial charge in [-0.2, -0.15) is 0 Å². The molecule has 6 aliphatic rings. The fourth-order valence-corrected chi connectivity index (χ4v) is 7.59. The van der Waals surface area contributed by atoms with E-state index in [1.807, 2.05) is 0 Å². The lowest BCUT2D eigenvalue weighted by molar-refractivity contribution is -0.144. The van der Waals surface area contributed by atoms with Crippen molar-refractivity contribution in [2.24, 2.45) is 59.2 Å². The summed E-state index contributed by atoms with van der Waals surface area (Å²) in [5, 5.41) is 0. The van der Waals surface area contributed by atoms with Gasteiger partial charge in [0.1, 0.15) is 5.78 Å². The fraction of sp³-hybridized carbons (Fsp3) is 0.842. The Hall–Kier alpha value is -1.39. The van der Waals surface area contributed by atoms with Crippen LogP contribution in [-0.2, 0) is 23.9 Å². The zero-order chi connectivity index (χ0) is 16.2. The van der Waals surface area contributed by atoms with Crippen molar-refractivity contribution in [1.29, 1.82) is 0 Å². The van der Waals surface area contributed by atoms with Crippen LogP contribution in [0.3, 0.4) is 0 Å². The van der Waals surface area contributed by atoms with Crippen LogP contribution in [0.1, 0.15) is 25.7 Å². The van der Waals surface area contributed by atoms with E-state index in [1.54, 1.807) is 0 Å². The predicted molar refractivity (Wildman–Crippen MR) is 80.3 cm³/mol. The van der Waals surface area contributed by atoms with Gasteiger partial charge in [0.05, 0.1) is 25.0 Å². The molecule has 0 radical (unpaired) electrons. The predicted octanol–water partition coefficient (Wildman–Crippen LogP) is 1.45. The first-order chi connectivity index (χ1) is 11.6. The first-order valence-corrected chi connectivity index (χ1v) is 9.50. The average molecular weight is 330 g/mol. The number of esters is 2. The number of rotatable bonds is 2. The standard InChI is InChI=1S/C19H22O5/c20-17(11-3-7-1-9(11)15-13(7)5-23-18(15)21)12-4-8-2-10(12)16-14(8)6-24-19(16)22/h7-16H,1-6H2. The van der Waals surface area contributed by atoms with Gasteiger partial charge in [0.2, 0.25) is 0 Å². The number of ether oxygens (including phenoxy) is 2. The summed E-state index contributed by atoms with van der Waals surface area (Å²) in [4.78, 5) is 37.4. The zero-order valence-electron chi connectivity index (χ0n) is 13.6. The third-order valence-electron chi connectivity index (χ3n) is 8.46. The van der Waals surface area contributed by atoms with Gasteiger partial charge < -0.3 is 9.47 Å². The molecule has 5 heteroatoms. The van der Waals surface area contributed by atoms with Crippen molar-refractivity contribution in [2.45, 2.75) is 25.7 Å². The monoisotopic (exact) mass is 330 g/mol. The molecule has 6 rings (SSSR count). The summed E-state index contributed by atoms with van der Waals surface area (Å²) >= 11 is 0. The van der Waals surface area contributed by atoms with Crippen LogP contribution >= 0.6 is 0 Å². The third-order valence-corrected chi connectivity index (χ3v) is 8.46. The number of Topliss-reactive ketones (excluding diaryl/α,β-unsaturated/α-hetero) is 1. The zero-order valence-corrected chi connectivity index (χ0v) is 13.6. The van der Waals surface area contributed by atoms with Gasteiger partial charge >= 0.3 is 11.9 Å². The molecule has 5 nitrogen and oxygen atoms in total. The number of carbonyl (C=O) groups excluding carboxylic acids is 3. The van der Waals surface area contributed by atoms with E-state index < -0.39 is 0 Å². The number of ketones is 1. The van der Waals surface area contributed by atoms with Gasteiger partial charge in [-0.3, -0.25) is 14.4 Å². The van der Waals surface area contributed by atoms with Crippen molar-refractivity contribution in [1.82, 2.24) is 0 Å². The second kappa shape index (κ2) is 4.41. The summed E-state index contributed by atoms with van der Waals surface area (Å²) in [6, 6.07) is 0. The third kappa shape index (κ3) is 1.50. The Kier molecular flexibility index (Phi) is 2.55. The van der Waals surface area contributed by atoms with Crippen molar-refractivity contribution in [2.75, 3.05) is 13.2 Å². The Balaban J connectivity index is 1.25. The van der Waals surface area contributed by atoms with Gasteiger partial charge in [-0.15, -0.1) is 0 Å². The average Bonchev–Trinajstić information content (AvgIpc) is 3.35. The Bertz CT molecular complexity index is 602. The molecule has 0 aromatic rings. The van der Waals surface area contributed by atoms with Crippen molar-refractivity contribution in [3.8, 4) is 0 Å². The lowest BCUT2D eigenvalue weighted by Gasteiger charge is -2.33. The van der Waals surface area contributed by atoms with Crippen LogP contribution in [-0.4, -0.2) is 30.9 Å². The van der Waals surface area contributed by atoms with Crippen LogP contribution in [0.25, 0.3) is 0 Å². The normalized spacial score (nSPS) is 56.3. The molecule has 128 valence electrons. The highest BCUT2D eigenvalue weighted by molar-refractivity contribution is 5.88. The maximum absolute atomic E-state index is 13.3. The van der Waals surface area contributed by atoms with E-state index in [0.29, 0.717) is 42.7 Å². The van der Waals surface area contributed by atoms with Crippen LogP contribution < -0.4 is 0 Å². The highest BCUT2D eigenvalue weighted by Gasteiger charge is 2.64. The van der Waals surface area contributed by atoms with Gasteiger partial charge in [0, 0.05) is 23.7 Å². The van der Waals surface area contributed by atoms with E-state index in [4.69, 9.17) is 9.47 Å². The summed E-state index contributed by atoms with van der Waals surface area (Å²) in [6.45, 7) is 1.13. The molecular weight excluding hydrogens is 308 g/mol. The molecule has 2 heterocycles. The van der Waals surface area contributed by atoms with Gasteiger partial charge in [-0.1, -0.05) is 0 Å². The molecule has 0 aromatic heterocycles. The Morgan fingerprint density at radius 3 is 1.62 bits per heavy atom. The summed E-state index contributed by atoms with van der Waals surface area (Å²) in [5.74, 6) is 2.32. The van der Waals surface area contributed by atoms with Crippen LogP contribution in [0.15, 0.2) is 0 Å². The quantitative estimate of drug-likeness (QED) is 0.717. The minimum atomic E-state index is -0.0719. The summed E-state index contributed by atoms with van der Waals surface area (Å²) < 4.78 is 10.5. The number of cyclic esters (lactones) is 2. The second-order valence-corrected chi connectivity index (χ2v) is 9.05. The molecule has 0 spiro atoms. The largest absolute Gasteiger partial charge is 0.465 e. The molecule has 0 aromatic carbocycles. The van der Waals surface area contributed by atoms with E-state index in [1.165, 1.54) is 0 Å². The minimum absolute atomic E-state index is 0.0273. The number of fused-ring (bicyclic) bond motifs is 10. The van der Waals surface area contributed by atoms with E-state index in [9.17, 15) is 14.4 Å². The smallest absolute Gasteiger partial charge is 0.309 e. The summed E-state index contributed by atoms with van der Waals surface area (Å²) in [6.07, 6.45) is 3.92. The first kappa shape index (κ1) is 13.9. The molecule has 0 N–H and O–H groups in total. The molecule has 4 bridgehead atoms. The molecule has 4 aliphatic carbocycles. The molecule has 4 saturated carbocycles. The Morgan fingerprint density at radius 2 is 1.17 bits per heavy atom. The van der Waals surface area contributed by atoms with Crippen molar-refractivity contribution < 1.29 is 23.9 Å². The van der Waals surface area contributed by atoms with Crippen LogP contribution in [0.2, 0.25) is 0 Å². The summed E-state index contributed by atoms with van der Waals surface area (Å²) in [7, 11) is 0. The van der Waals surface area contributed by atoms with Crippen LogP contribution in [0.4, 0.5) is 0 Å². The highest BCUT2D eigenvalue weighted by Crippen LogP contribution is 2.62. The summed E-state index contributed by atoms with van der Waals surface area (Å²) in [5.41, 5.74) is 0. The lowest BCUT2D eigenvalue weighted by Crippen LogP contribution is -2.40. The van der Waals surface area contributed by atoms with Gasteiger partial charge in [0.25, 0.3) is 0 Å². The van der Waals surface area contributed by atoms with Gasteiger partial charge in [-0.05, 0) is 49.4 Å². The maximum Gasteiger partial charge on any atom is 0.309 e. The molecule has 2 saturated heterocycles. The van der Waals surface area contributed by atoms with E-state index >= 15 is 0 Å². The van der Waals surface area contributed by atoms with Crippen LogP contribution in [0.5, 0.6) is 0 Å². The molecule has 10 unspecified atom stereocenters. The van der Waals surface area contributed by atoms with E-state index in [0.717, 1.165) is 25.7 Å². The number of hydrogen-bond donors (Lipinski definition) is 0. The van der Waals surface area contributed by atoms with Gasteiger partial charge in [-0.25, -0.2) is 0 Å². The fourth-order valence-electron chi connectivity index (χ4n) is 7.59. The molecule has 6 fully saturated rings. The highest BCUT2D eigenvalue weighted by atomic mass is 16.5.